The van der Waals surface area contributed by atoms with Crippen molar-refractivity contribution in [2.45, 2.75) is 39.3 Å². The van der Waals surface area contributed by atoms with Gasteiger partial charge in [0, 0.05) is 16.7 Å². The molecule has 1 atom stereocenters. The van der Waals surface area contributed by atoms with Crippen LogP contribution in [0.2, 0.25) is 0 Å². The third kappa shape index (κ3) is 5.36. The van der Waals surface area contributed by atoms with Crippen LogP contribution in [-0.4, -0.2) is 17.8 Å². The van der Waals surface area contributed by atoms with E-state index in [4.69, 9.17) is 0 Å². The highest BCUT2D eigenvalue weighted by atomic mass is 127. The van der Waals surface area contributed by atoms with Gasteiger partial charge in [-0.2, -0.15) is 0 Å². The zero-order chi connectivity index (χ0) is 12.7. The van der Waals surface area contributed by atoms with Crippen LogP contribution < -0.4 is 5.32 Å². The number of hydrogen-bond acceptors (Lipinski definition) is 2. The van der Waals surface area contributed by atoms with E-state index >= 15 is 0 Å². The number of aliphatic hydroxyl groups excluding tert-OH is 1. The van der Waals surface area contributed by atoms with E-state index in [0.29, 0.717) is 12.5 Å². The Bertz CT molecular complexity index is 309. The molecular formula is C14H22INO. The van der Waals surface area contributed by atoms with E-state index in [2.05, 4.69) is 66.0 Å². The van der Waals surface area contributed by atoms with Crippen LogP contribution in [0.25, 0.3) is 0 Å². The van der Waals surface area contributed by atoms with Gasteiger partial charge in [0.25, 0.3) is 0 Å². The molecule has 1 aromatic carbocycles. The molecule has 96 valence electrons. The molecule has 1 unspecified atom stereocenters. The second-order valence-corrected chi connectivity index (χ2v) is 5.65. The van der Waals surface area contributed by atoms with Crippen molar-refractivity contribution < 1.29 is 5.11 Å². The van der Waals surface area contributed by atoms with Gasteiger partial charge >= 0.3 is 0 Å². The minimum atomic E-state index is -0.228. The maximum absolute atomic E-state index is 9.97. The second-order valence-electron chi connectivity index (χ2n) is 4.40. The Balaban J connectivity index is 2.30. The van der Waals surface area contributed by atoms with Gasteiger partial charge in [-0.3, -0.25) is 0 Å². The first-order valence-electron chi connectivity index (χ1n) is 6.30. The Morgan fingerprint density at radius 3 is 2.29 bits per heavy atom. The van der Waals surface area contributed by atoms with E-state index in [1.807, 2.05) is 0 Å². The lowest BCUT2D eigenvalue weighted by Crippen LogP contribution is -2.32. The number of hydrogen-bond donors (Lipinski definition) is 2. The first kappa shape index (κ1) is 14.9. The minimum absolute atomic E-state index is 0.228. The average Bonchev–Trinajstić information content (AvgIpc) is 2.33. The largest absolute Gasteiger partial charge is 0.392 e. The van der Waals surface area contributed by atoms with E-state index < -0.39 is 0 Å². The fraction of sp³-hybridized carbons (Fsp3) is 0.571. The third-order valence-electron chi connectivity index (χ3n) is 3.19. The fourth-order valence-corrected chi connectivity index (χ4v) is 2.33. The first-order valence-corrected chi connectivity index (χ1v) is 7.38. The van der Waals surface area contributed by atoms with Crippen LogP contribution in [0.1, 0.15) is 32.3 Å². The van der Waals surface area contributed by atoms with Crippen LogP contribution in [0.5, 0.6) is 0 Å². The number of aliphatic hydroxyl groups is 1. The van der Waals surface area contributed by atoms with E-state index in [1.54, 1.807) is 0 Å². The number of benzene rings is 1. The molecule has 0 heterocycles. The summed E-state index contributed by atoms with van der Waals surface area (Å²) < 4.78 is 1.25. The standard InChI is InChI=1S/C14H22INO/c1-3-12(4-2)14(17)10-16-9-11-5-7-13(15)8-6-11/h5-8,12,14,16-17H,3-4,9-10H2,1-2H3. The lowest BCUT2D eigenvalue weighted by atomic mass is 9.96. The summed E-state index contributed by atoms with van der Waals surface area (Å²) in [6, 6.07) is 8.46. The molecule has 0 saturated heterocycles. The molecule has 0 bridgehead atoms. The lowest BCUT2D eigenvalue weighted by molar-refractivity contribution is 0.101. The van der Waals surface area contributed by atoms with E-state index in [1.165, 1.54) is 9.13 Å². The molecule has 0 aliphatic rings. The predicted octanol–water partition coefficient (Wildman–Crippen LogP) is 3.18. The second kappa shape index (κ2) is 8.06. The smallest absolute Gasteiger partial charge is 0.0692 e. The number of nitrogens with one attached hydrogen (secondary N) is 1. The summed E-state index contributed by atoms with van der Waals surface area (Å²) in [5.74, 6) is 0.416. The molecule has 0 aliphatic heterocycles. The highest BCUT2D eigenvalue weighted by molar-refractivity contribution is 14.1. The maximum atomic E-state index is 9.97. The zero-order valence-corrected chi connectivity index (χ0v) is 12.8. The number of halogens is 1. The molecule has 17 heavy (non-hydrogen) atoms. The molecular weight excluding hydrogens is 325 g/mol. The molecule has 0 aliphatic carbocycles. The van der Waals surface area contributed by atoms with Gasteiger partial charge in [-0.1, -0.05) is 38.8 Å². The van der Waals surface area contributed by atoms with Crippen LogP contribution in [0, 0.1) is 9.49 Å². The Labute approximate surface area is 118 Å². The van der Waals surface area contributed by atoms with Crippen molar-refractivity contribution >= 4 is 22.6 Å². The average molecular weight is 347 g/mol. The zero-order valence-electron chi connectivity index (χ0n) is 10.6. The van der Waals surface area contributed by atoms with Crippen molar-refractivity contribution in [1.82, 2.24) is 5.32 Å². The SMILES string of the molecule is CCC(CC)C(O)CNCc1ccc(I)cc1. The Kier molecular flexibility index (Phi) is 7.08. The van der Waals surface area contributed by atoms with Crippen molar-refractivity contribution in [2.75, 3.05) is 6.54 Å². The molecule has 1 rings (SSSR count). The summed E-state index contributed by atoms with van der Waals surface area (Å²) in [5, 5.41) is 13.3. The lowest BCUT2D eigenvalue weighted by Gasteiger charge is -2.20. The van der Waals surface area contributed by atoms with Gasteiger partial charge in [0.15, 0.2) is 0 Å². The van der Waals surface area contributed by atoms with Crippen LogP contribution >= 0.6 is 22.6 Å². The molecule has 0 spiro atoms. The molecule has 2 N–H and O–H groups in total. The van der Waals surface area contributed by atoms with Crippen LogP contribution in [0.15, 0.2) is 24.3 Å². The van der Waals surface area contributed by atoms with E-state index in [0.717, 1.165) is 19.4 Å². The highest BCUT2D eigenvalue weighted by Gasteiger charge is 2.14. The molecule has 1 aromatic rings. The summed E-state index contributed by atoms with van der Waals surface area (Å²) in [6.45, 7) is 5.78. The Morgan fingerprint density at radius 2 is 1.76 bits per heavy atom. The van der Waals surface area contributed by atoms with Crippen LogP contribution in [-0.2, 0) is 6.54 Å². The van der Waals surface area contributed by atoms with Crippen molar-refractivity contribution in [2.24, 2.45) is 5.92 Å². The summed E-state index contributed by atoms with van der Waals surface area (Å²) in [7, 11) is 0. The molecule has 0 amide bonds. The predicted molar refractivity (Wildman–Crippen MR) is 80.9 cm³/mol. The molecule has 0 aromatic heterocycles. The number of rotatable bonds is 7. The van der Waals surface area contributed by atoms with Crippen molar-refractivity contribution in [3.8, 4) is 0 Å². The van der Waals surface area contributed by atoms with Gasteiger partial charge in [-0.25, -0.2) is 0 Å². The van der Waals surface area contributed by atoms with Gasteiger partial charge in [0.1, 0.15) is 0 Å². The summed E-state index contributed by atoms with van der Waals surface area (Å²) >= 11 is 2.30. The summed E-state index contributed by atoms with van der Waals surface area (Å²) in [6.07, 6.45) is 1.86. The fourth-order valence-electron chi connectivity index (χ4n) is 1.97. The van der Waals surface area contributed by atoms with Crippen molar-refractivity contribution in [3.63, 3.8) is 0 Å². The van der Waals surface area contributed by atoms with E-state index in [-0.39, 0.29) is 6.10 Å². The monoisotopic (exact) mass is 347 g/mol. The quantitative estimate of drug-likeness (QED) is 0.743. The molecule has 3 heteroatoms. The topological polar surface area (TPSA) is 32.3 Å². The third-order valence-corrected chi connectivity index (χ3v) is 3.91. The van der Waals surface area contributed by atoms with Gasteiger partial charge in [-0.15, -0.1) is 0 Å². The highest BCUT2D eigenvalue weighted by Crippen LogP contribution is 2.12. The first-order chi connectivity index (χ1) is 8.17. The van der Waals surface area contributed by atoms with Crippen molar-refractivity contribution in [3.05, 3.63) is 33.4 Å². The van der Waals surface area contributed by atoms with Gasteiger partial charge in [-0.05, 0) is 46.2 Å². The minimum Gasteiger partial charge on any atom is -0.392 e. The summed E-state index contributed by atoms with van der Waals surface area (Å²) in [4.78, 5) is 0. The van der Waals surface area contributed by atoms with Crippen LogP contribution in [0.3, 0.4) is 0 Å². The van der Waals surface area contributed by atoms with Crippen molar-refractivity contribution in [1.29, 1.82) is 0 Å². The van der Waals surface area contributed by atoms with Gasteiger partial charge in [0.2, 0.25) is 0 Å². The van der Waals surface area contributed by atoms with Crippen LogP contribution in [0.4, 0.5) is 0 Å². The molecule has 0 radical (unpaired) electrons. The van der Waals surface area contributed by atoms with E-state index in [9.17, 15) is 5.11 Å². The summed E-state index contributed by atoms with van der Waals surface area (Å²) in [5.41, 5.74) is 1.27. The molecule has 0 saturated carbocycles. The Morgan fingerprint density at radius 1 is 1.18 bits per heavy atom. The maximum Gasteiger partial charge on any atom is 0.0692 e. The van der Waals surface area contributed by atoms with Gasteiger partial charge in [0.05, 0.1) is 6.10 Å². The molecule has 2 nitrogen and oxygen atoms in total. The van der Waals surface area contributed by atoms with Gasteiger partial charge < -0.3 is 10.4 Å². The molecule has 0 fully saturated rings. The normalized spacial score (nSPS) is 13.0. The Hall–Kier alpha value is -0.130.